The minimum Gasteiger partial charge on any atom is -0.465 e. The van der Waals surface area contributed by atoms with E-state index in [0.29, 0.717) is 0 Å². The number of carbonyl (C=O) groups is 1. The van der Waals surface area contributed by atoms with Crippen LogP contribution in [0.3, 0.4) is 0 Å². The van der Waals surface area contributed by atoms with Crippen molar-refractivity contribution < 1.29 is 23.9 Å². The fraction of sp³-hybridized carbons (Fsp3) is 0.938. The van der Waals surface area contributed by atoms with Gasteiger partial charge in [0.2, 0.25) is 0 Å². The van der Waals surface area contributed by atoms with Gasteiger partial charge in [0.05, 0.1) is 12.1 Å². The number of ether oxygens (including phenoxy) is 1. The Morgan fingerprint density at radius 3 is 1.86 bits per heavy atom. The number of rotatable bonds is 14. The van der Waals surface area contributed by atoms with Crippen molar-refractivity contribution in [3.05, 3.63) is 0 Å². The second-order valence-electron chi connectivity index (χ2n) is 5.95. The van der Waals surface area contributed by atoms with Crippen LogP contribution in [0.2, 0.25) is 0 Å². The van der Waals surface area contributed by atoms with E-state index in [1.807, 2.05) is 0 Å². The molecule has 0 saturated carbocycles. The normalized spacial score (nSPS) is 11.9. The highest BCUT2D eigenvalue weighted by atomic mass is 31.2. The van der Waals surface area contributed by atoms with Gasteiger partial charge in [0.1, 0.15) is 6.61 Å². The van der Waals surface area contributed by atoms with Crippen molar-refractivity contribution in [2.45, 2.75) is 78.1 Å². The monoisotopic (exact) mass is 336 g/mol. The second-order valence-corrected chi connectivity index (χ2v) is 7.73. The number of esters is 1. The molecule has 0 bridgehead atoms. The number of carbonyl (C=O) groups excluding carboxylic acids is 1. The molecule has 0 spiro atoms. The molecule has 0 unspecified atom stereocenters. The Balaban J connectivity index is 4.16. The number of unbranched alkanes of at least 4 members (excludes halogenated alkanes) is 6. The maximum atomic E-state index is 12.1. The lowest BCUT2D eigenvalue weighted by molar-refractivity contribution is -0.148. The van der Waals surface area contributed by atoms with Gasteiger partial charge in [0.25, 0.3) is 0 Å². The van der Waals surface area contributed by atoms with Gasteiger partial charge in [-0.05, 0) is 12.8 Å². The average molecular weight is 336 g/mol. The van der Waals surface area contributed by atoms with Crippen LogP contribution in [0.5, 0.6) is 0 Å². The molecule has 0 saturated heterocycles. The first-order valence-electron chi connectivity index (χ1n) is 8.62. The SMILES string of the molecule is CCCCCCC(CCCCCC)C(=O)OCCP(=O)(O)O. The van der Waals surface area contributed by atoms with E-state index in [-0.39, 0.29) is 18.5 Å². The van der Waals surface area contributed by atoms with E-state index < -0.39 is 13.8 Å². The van der Waals surface area contributed by atoms with Crippen LogP contribution in [0.15, 0.2) is 0 Å². The van der Waals surface area contributed by atoms with Gasteiger partial charge in [-0.3, -0.25) is 9.36 Å². The van der Waals surface area contributed by atoms with Gasteiger partial charge >= 0.3 is 13.6 Å². The van der Waals surface area contributed by atoms with Crippen molar-refractivity contribution >= 4 is 13.6 Å². The summed E-state index contributed by atoms with van der Waals surface area (Å²) in [5, 5.41) is 0. The van der Waals surface area contributed by atoms with Crippen LogP contribution in [0, 0.1) is 5.92 Å². The third-order valence-corrected chi connectivity index (χ3v) is 4.54. The van der Waals surface area contributed by atoms with E-state index in [1.165, 1.54) is 12.8 Å². The van der Waals surface area contributed by atoms with Crippen LogP contribution < -0.4 is 0 Å². The Morgan fingerprint density at radius 2 is 1.45 bits per heavy atom. The standard InChI is InChI=1S/C16H33O5P/c1-3-5-7-9-11-15(12-10-8-6-4-2)16(17)21-13-14-22(18,19)20/h15H,3-14H2,1-2H3,(H2,18,19,20). The molecule has 0 aliphatic rings. The van der Waals surface area contributed by atoms with E-state index in [4.69, 9.17) is 14.5 Å². The van der Waals surface area contributed by atoms with Gasteiger partial charge in [-0.25, -0.2) is 0 Å². The molecular formula is C16H33O5P. The number of hydrogen-bond donors (Lipinski definition) is 2. The molecule has 132 valence electrons. The van der Waals surface area contributed by atoms with Crippen molar-refractivity contribution in [2.24, 2.45) is 5.92 Å². The summed E-state index contributed by atoms with van der Waals surface area (Å²) in [7, 11) is -4.09. The zero-order valence-electron chi connectivity index (χ0n) is 14.1. The summed E-state index contributed by atoms with van der Waals surface area (Å²) in [5.41, 5.74) is 0. The molecule has 0 radical (unpaired) electrons. The lowest BCUT2D eigenvalue weighted by Gasteiger charge is -2.16. The Labute approximate surface area is 135 Å². The molecule has 0 fully saturated rings. The molecule has 6 heteroatoms. The van der Waals surface area contributed by atoms with Gasteiger partial charge in [0.15, 0.2) is 0 Å². The van der Waals surface area contributed by atoms with E-state index in [9.17, 15) is 9.36 Å². The van der Waals surface area contributed by atoms with Crippen LogP contribution in [0.1, 0.15) is 78.1 Å². The third kappa shape index (κ3) is 13.3. The van der Waals surface area contributed by atoms with Crippen LogP contribution in [-0.4, -0.2) is 28.5 Å². The molecule has 0 amide bonds. The number of hydrogen-bond acceptors (Lipinski definition) is 3. The van der Waals surface area contributed by atoms with Crippen LogP contribution in [0.4, 0.5) is 0 Å². The van der Waals surface area contributed by atoms with Crippen LogP contribution in [-0.2, 0) is 14.1 Å². The summed E-state index contributed by atoms with van der Waals surface area (Å²) < 4.78 is 15.8. The topological polar surface area (TPSA) is 83.8 Å². The summed E-state index contributed by atoms with van der Waals surface area (Å²) in [6.07, 6.45) is 10.2. The molecule has 0 aromatic heterocycles. The Hall–Kier alpha value is -0.380. The van der Waals surface area contributed by atoms with Crippen molar-refractivity contribution in [2.75, 3.05) is 12.8 Å². The van der Waals surface area contributed by atoms with Crippen molar-refractivity contribution in [3.8, 4) is 0 Å². The average Bonchev–Trinajstić information content (AvgIpc) is 2.44. The van der Waals surface area contributed by atoms with E-state index in [2.05, 4.69) is 13.8 Å². The minimum atomic E-state index is -4.09. The first kappa shape index (κ1) is 21.6. The summed E-state index contributed by atoms with van der Waals surface area (Å²) in [5.74, 6) is -0.410. The Kier molecular flexibility index (Phi) is 12.9. The molecular weight excluding hydrogens is 303 g/mol. The molecule has 0 aromatic rings. The lowest BCUT2D eigenvalue weighted by Crippen LogP contribution is -2.19. The van der Waals surface area contributed by atoms with Crippen LogP contribution >= 0.6 is 7.60 Å². The smallest absolute Gasteiger partial charge is 0.328 e. The highest BCUT2D eigenvalue weighted by Gasteiger charge is 2.21. The first-order valence-corrected chi connectivity index (χ1v) is 10.4. The highest BCUT2D eigenvalue weighted by molar-refractivity contribution is 7.51. The van der Waals surface area contributed by atoms with E-state index in [1.54, 1.807) is 0 Å². The third-order valence-electron chi connectivity index (χ3n) is 3.77. The summed E-state index contributed by atoms with van der Waals surface area (Å²) >= 11 is 0. The molecule has 0 heterocycles. The zero-order chi connectivity index (χ0) is 16.8. The van der Waals surface area contributed by atoms with Crippen molar-refractivity contribution in [3.63, 3.8) is 0 Å². The predicted octanol–water partition coefficient (Wildman–Crippen LogP) is 4.26. The second kappa shape index (κ2) is 13.1. The van der Waals surface area contributed by atoms with Gasteiger partial charge in [-0.2, -0.15) is 0 Å². The highest BCUT2D eigenvalue weighted by Crippen LogP contribution is 2.33. The molecule has 0 rings (SSSR count). The fourth-order valence-electron chi connectivity index (χ4n) is 2.40. The maximum absolute atomic E-state index is 12.1. The quantitative estimate of drug-likeness (QED) is 0.281. The van der Waals surface area contributed by atoms with E-state index in [0.717, 1.165) is 51.4 Å². The summed E-state index contributed by atoms with van der Waals surface area (Å²) in [4.78, 5) is 29.7. The van der Waals surface area contributed by atoms with Crippen LogP contribution in [0.25, 0.3) is 0 Å². The Bertz CT molecular complexity index is 314. The van der Waals surface area contributed by atoms with Gasteiger partial charge in [-0.15, -0.1) is 0 Å². The molecule has 0 aliphatic heterocycles. The fourth-order valence-corrected chi connectivity index (χ4v) is 2.73. The van der Waals surface area contributed by atoms with Gasteiger partial charge < -0.3 is 14.5 Å². The molecule has 5 nitrogen and oxygen atoms in total. The molecule has 2 N–H and O–H groups in total. The minimum absolute atomic E-state index is 0.120. The van der Waals surface area contributed by atoms with Gasteiger partial charge in [-0.1, -0.05) is 65.2 Å². The maximum Gasteiger partial charge on any atom is 0.328 e. The molecule has 0 atom stereocenters. The van der Waals surface area contributed by atoms with Gasteiger partial charge in [0, 0.05) is 0 Å². The summed E-state index contributed by atoms with van der Waals surface area (Å²) in [6, 6.07) is 0. The predicted molar refractivity (Wildman–Crippen MR) is 88.9 cm³/mol. The van der Waals surface area contributed by atoms with Crippen molar-refractivity contribution in [1.29, 1.82) is 0 Å². The molecule has 0 aromatic carbocycles. The molecule has 0 aliphatic carbocycles. The van der Waals surface area contributed by atoms with E-state index >= 15 is 0 Å². The Morgan fingerprint density at radius 1 is 0.955 bits per heavy atom. The summed E-state index contributed by atoms with van der Waals surface area (Å²) in [6.45, 7) is 4.11. The van der Waals surface area contributed by atoms with Crippen molar-refractivity contribution in [1.82, 2.24) is 0 Å². The zero-order valence-corrected chi connectivity index (χ0v) is 15.0. The lowest BCUT2D eigenvalue weighted by atomic mass is 9.94. The molecule has 22 heavy (non-hydrogen) atoms. The largest absolute Gasteiger partial charge is 0.465 e. The first-order chi connectivity index (χ1) is 10.4.